The van der Waals surface area contributed by atoms with E-state index in [2.05, 4.69) is 30.2 Å². The fourth-order valence-corrected chi connectivity index (χ4v) is 1.59. The second kappa shape index (κ2) is 5.57. The van der Waals surface area contributed by atoms with Gasteiger partial charge in [-0.2, -0.15) is 5.10 Å². The Labute approximate surface area is 91.9 Å². The molecule has 1 rings (SSSR count). The predicted molar refractivity (Wildman–Crippen MR) is 62.4 cm³/mol. The van der Waals surface area contributed by atoms with E-state index in [-0.39, 0.29) is 6.04 Å². The van der Waals surface area contributed by atoms with Gasteiger partial charge in [-0.05, 0) is 19.9 Å². The van der Waals surface area contributed by atoms with Crippen molar-refractivity contribution in [2.45, 2.75) is 32.7 Å². The van der Waals surface area contributed by atoms with Gasteiger partial charge >= 0.3 is 0 Å². The fraction of sp³-hybridized carbons (Fsp3) is 0.583. The van der Waals surface area contributed by atoms with Gasteiger partial charge in [0.15, 0.2) is 0 Å². The highest BCUT2D eigenvalue weighted by Gasteiger charge is 2.14. The average Bonchev–Trinajstić information content (AvgIpc) is 2.55. The van der Waals surface area contributed by atoms with Crippen molar-refractivity contribution in [3.8, 4) is 12.3 Å². The smallest absolute Gasteiger partial charge is 0.0540 e. The summed E-state index contributed by atoms with van der Waals surface area (Å²) in [5.41, 5.74) is 2.39. The molecule has 1 N–H and O–H groups in total. The molecule has 1 aromatic rings. The number of hydrogen-bond donors (Lipinski definition) is 1. The molecule has 1 aromatic heterocycles. The van der Waals surface area contributed by atoms with Crippen molar-refractivity contribution in [3.05, 3.63) is 17.5 Å². The van der Waals surface area contributed by atoms with Gasteiger partial charge in [-0.25, -0.2) is 0 Å². The molecule has 0 aromatic carbocycles. The van der Waals surface area contributed by atoms with Gasteiger partial charge in [0.2, 0.25) is 0 Å². The largest absolute Gasteiger partial charge is 0.309 e. The van der Waals surface area contributed by atoms with Crippen LogP contribution in [-0.4, -0.2) is 16.3 Å². The minimum atomic E-state index is 0.239. The number of terminal acetylenes is 1. The first-order chi connectivity index (χ1) is 7.20. The van der Waals surface area contributed by atoms with Crippen LogP contribution in [0, 0.1) is 19.3 Å². The predicted octanol–water partition coefficient (Wildman–Crippen LogP) is 1.79. The SMILES string of the molecule is C#CCC(NCCC)c1cnn(C)c1C. The maximum Gasteiger partial charge on any atom is 0.0540 e. The lowest BCUT2D eigenvalue weighted by Gasteiger charge is -2.15. The van der Waals surface area contributed by atoms with E-state index in [0.29, 0.717) is 6.42 Å². The summed E-state index contributed by atoms with van der Waals surface area (Å²) in [6.45, 7) is 5.20. The lowest BCUT2D eigenvalue weighted by Crippen LogP contribution is -2.22. The van der Waals surface area contributed by atoms with Crippen molar-refractivity contribution >= 4 is 0 Å². The maximum absolute atomic E-state index is 5.38. The molecule has 3 heteroatoms. The highest BCUT2D eigenvalue weighted by molar-refractivity contribution is 5.22. The molecular formula is C12H19N3. The summed E-state index contributed by atoms with van der Waals surface area (Å²) in [6.07, 6.45) is 9.11. The highest BCUT2D eigenvalue weighted by atomic mass is 15.3. The summed E-state index contributed by atoms with van der Waals surface area (Å²) < 4.78 is 1.88. The Morgan fingerprint density at radius 3 is 2.87 bits per heavy atom. The van der Waals surface area contributed by atoms with Gasteiger partial charge in [-0.15, -0.1) is 12.3 Å². The molecule has 1 heterocycles. The Bertz CT molecular complexity index is 346. The number of rotatable bonds is 5. The van der Waals surface area contributed by atoms with Crippen LogP contribution in [0.15, 0.2) is 6.20 Å². The third-order valence-electron chi connectivity index (χ3n) is 2.61. The summed E-state index contributed by atoms with van der Waals surface area (Å²) in [6, 6.07) is 0.239. The van der Waals surface area contributed by atoms with Gasteiger partial charge in [0.05, 0.1) is 6.20 Å². The third-order valence-corrected chi connectivity index (χ3v) is 2.61. The van der Waals surface area contributed by atoms with Gasteiger partial charge < -0.3 is 5.32 Å². The normalized spacial score (nSPS) is 12.4. The van der Waals surface area contributed by atoms with Crippen LogP contribution in [0.4, 0.5) is 0 Å². The van der Waals surface area contributed by atoms with Gasteiger partial charge in [0.1, 0.15) is 0 Å². The van der Waals surface area contributed by atoms with Crippen molar-refractivity contribution in [2.24, 2.45) is 7.05 Å². The zero-order valence-corrected chi connectivity index (χ0v) is 9.75. The van der Waals surface area contributed by atoms with Crippen molar-refractivity contribution in [1.29, 1.82) is 0 Å². The Kier molecular flexibility index (Phi) is 4.38. The lowest BCUT2D eigenvalue weighted by atomic mass is 10.1. The number of aromatic nitrogens is 2. The van der Waals surface area contributed by atoms with Gasteiger partial charge in [-0.1, -0.05) is 6.92 Å². The zero-order valence-electron chi connectivity index (χ0n) is 9.75. The van der Waals surface area contributed by atoms with E-state index >= 15 is 0 Å². The first-order valence-corrected chi connectivity index (χ1v) is 5.36. The monoisotopic (exact) mass is 205 g/mol. The molecular weight excluding hydrogens is 186 g/mol. The molecule has 0 fully saturated rings. The Hall–Kier alpha value is -1.27. The topological polar surface area (TPSA) is 29.9 Å². The van der Waals surface area contributed by atoms with Crippen molar-refractivity contribution < 1.29 is 0 Å². The number of nitrogens with one attached hydrogen (secondary N) is 1. The molecule has 3 nitrogen and oxygen atoms in total. The van der Waals surface area contributed by atoms with Crippen LogP contribution < -0.4 is 5.32 Å². The average molecular weight is 205 g/mol. The van der Waals surface area contributed by atoms with Gasteiger partial charge in [0, 0.05) is 30.8 Å². The minimum Gasteiger partial charge on any atom is -0.309 e. The van der Waals surface area contributed by atoms with E-state index in [9.17, 15) is 0 Å². The van der Waals surface area contributed by atoms with Gasteiger partial charge in [0.25, 0.3) is 0 Å². The molecule has 0 amide bonds. The quantitative estimate of drug-likeness (QED) is 0.743. The number of aryl methyl sites for hydroxylation is 1. The van der Waals surface area contributed by atoms with Crippen molar-refractivity contribution in [2.75, 3.05) is 6.54 Å². The van der Waals surface area contributed by atoms with Crippen molar-refractivity contribution in [3.63, 3.8) is 0 Å². The molecule has 0 aliphatic heterocycles. The second-order valence-corrected chi connectivity index (χ2v) is 3.72. The first-order valence-electron chi connectivity index (χ1n) is 5.36. The molecule has 1 unspecified atom stereocenters. The lowest BCUT2D eigenvalue weighted by molar-refractivity contribution is 0.539. The van der Waals surface area contributed by atoms with E-state index in [1.54, 1.807) is 0 Å². The van der Waals surface area contributed by atoms with Crippen LogP contribution in [0.3, 0.4) is 0 Å². The highest BCUT2D eigenvalue weighted by Crippen LogP contribution is 2.19. The number of hydrogen-bond acceptors (Lipinski definition) is 2. The van der Waals surface area contributed by atoms with E-state index in [4.69, 9.17) is 6.42 Å². The summed E-state index contributed by atoms with van der Waals surface area (Å²) in [5, 5.41) is 7.68. The second-order valence-electron chi connectivity index (χ2n) is 3.72. The molecule has 1 atom stereocenters. The fourth-order valence-electron chi connectivity index (χ4n) is 1.59. The van der Waals surface area contributed by atoms with Crippen LogP contribution in [-0.2, 0) is 7.05 Å². The summed E-state index contributed by atoms with van der Waals surface area (Å²) in [5.74, 6) is 2.71. The van der Waals surface area contributed by atoms with E-state index in [1.807, 2.05) is 17.9 Å². The van der Waals surface area contributed by atoms with Crippen molar-refractivity contribution in [1.82, 2.24) is 15.1 Å². The molecule has 82 valence electrons. The maximum atomic E-state index is 5.38. The molecule has 0 saturated carbocycles. The van der Waals surface area contributed by atoms with E-state index in [0.717, 1.165) is 13.0 Å². The minimum absolute atomic E-state index is 0.239. The molecule has 0 radical (unpaired) electrons. The Morgan fingerprint density at radius 2 is 2.40 bits per heavy atom. The van der Waals surface area contributed by atoms with Crippen LogP contribution in [0.2, 0.25) is 0 Å². The van der Waals surface area contributed by atoms with E-state index in [1.165, 1.54) is 11.3 Å². The standard InChI is InChI=1S/C12H19N3/c1-5-7-12(13-8-6-2)11-9-14-15(4)10(11)3/h1,9,12-13H,6-8H2,2-4H3. The molecule has 0 aliphatic rings. The van der Waals surface area contributed by atoms with E-state index < -0.39 is 0 Å². The van der Waals surface area contributed by atoms with Crippen LogP contribution in [0.5, 0.6) is 0 Å². The zero-order chi connectivity index (χ0) is 11.3. The Morgan fingerprint density at radius 1 is 1.67 bits per heavy atom. The van der Waals surface area contributed by atoms with Crippen LogP contribution in [0.25, 0.3) is 0 Å². The van der Waals surface area contributed by atoms with Crippen LogP contribution in [0.1, 0.15) is 37.1 Å². The molecule has 15 heavy (non-hydrogen) atoms. The molecule has 0 saturated heterocycles. The molecule has 0 spiro atoms. The third kappa shape index (κ3) is 2.84. The van der Waals surface area contributed by atoms with Crippen LogP contribution >= 0.6 is 0 Å². The molecule has 0 bridgehead atoms. The summed E-state index contributed by atoms with van der Waals surface area (Å²) in [7, 11) is 1.95. The Balaban J connectivity index is 2.79. The number of nitrogens with zero attached hydrogens (tertiary/aromatic N) is 2. The molecule has 0 aliphatic carbocycles. The summed E-state index contributed by atoms with van der Waals surface area (Å²) in [4.78, 5) is 0. The first kappa shape index (κ1) is 11.8. The summed E-state index contributed by atoms with van der Waals surface area (Å²) >= 11 is 0. The van der Waals surface area contributed by atoms with Gasteiger partial charge in [-0.3, -0.25) is 4.68 Å².